The van der Waals surface area contributed by atoms with Gasteiger partial charge >= 0.3 is 6.18 Å². The minimum atomic E-state index is -4.49. The number of fused-ring (bicyclic) bond motifs is 3. The van der Waals surface area contributed by atoms with Gasteiger partial charge < -0.3 is 10.6 Å². The number of carbonyl (C=O) groups excluding carboxylic acids is 1. The third-order valence-electron chi connectivity index (χ3n) is 5.18. The predicted octanol–water partition coefficient (Wildman–Crippen LogP) is 4.54. The number of amides is 1. The smallest absolute Gasteiger partial charge is 0.365 e. The molecule has 0 saturated heterocycles. The molecule has 166 valence electrons. The number of alkyl halides is 3. The Hall–Kier alpha value is -3.34. The summed E-state index contributed by atoms with van der Waals surface area (Å²) < 4.78 is 38.8. The second-order valence-electron chi connectivity index (χ2n) is 7.38. The predicted molar refractivity (Wildman–Crippen MR) is 117 cm³/mol. The zero-order valence-corrected chi connectivity index (χ0v) is 18.2. The molecule has 7 nitrogen and oxygen atoms in total. The number of halogens is 3. The van der Waals surface area contributed by atoms with Gasteiger partial charge in [0.25, 0.3) is 5.91 Å². The molecule has 1 aromatic carbocycles. The van der Waals surface area contributed by atoms with Crippen molar-refractivity contribution < 1.29 is 18.0 Å². The summed E-state index contributed by atoms with van der Waals surface area (Å²) >= 11 is 1.45. The van der Waals surface area contributed by atoms with E-state index in [-0.39, 0.29) is 5.56 Å². The van der Waals surface area contributed by atoms with Gasteiger partial charge in [0.2, 0.25) is 0 Å². The van der Waals surface area contributed by atoms with Crippen LogP contribution in [0, 0.1) is 13.8 Å². The lowest BCUT2D eigenvalue weighted by molar-refractivity contribution is -0.149. The highest BCUT2D eigenvalue weighted by Crippen LogP contribution is 2.36. The lowest BCUT2D eigenvalue weighted by atomic mass is 10.1. The third kappa shape index (κ3) is 4.20. The van der Waals surface area contributed by atoms with Gasteiger partial charge in [-0.15, -0.1) is 16.4 Å². The van der Waals surface area contributed by atoms with Gasteiger partial charge in [-0.1, -0.05) is 12.1 Å². The Morgan fingerprint density at radius 3 is 2.53 bits per heavy atom. The van der Waals surface area contributed by atoms with E-state index >= 15 is 0 Å². The molecule has 0 aliphatic rings. The fourth-order valence-corrected chi connectivity index (χ4v) is 4.23. The van der Waals surface area contributed by atoms with Crippen molar-refractivity contribution in [3.8, 4) is 0 Å². The molecule has 11 heteroatoms. The molecule has 1 unspecified atom stereocenters. The SMILES string of the molecule is Cc1nnc2sc3c(NCc4ccc(C(=O)NC(C)C(F)(F)F)cc4)ncnc3c2c1C. The summed E-state index contributed by atoms with van der Waals surface area (Å²) in [6.07, 6.45) is -3.00. The Morgan fingerprint density at radius 1 is 1.12 bits per heavy atom. The van der Waals surface area contributed by atoms with Crippen LogP contribution in [-0.4, -0.2) is 38.3 Å². The maximum absolute atomic E-state index is 12.6. The van der Waals surface area contributed by atoms with Crippen molar-refractivity contribution in [1.82, 2.24) is 25.5 Å². The number of rotatable bonds is 5. The van der Waals surface area contributed by atoms with E-state index in [1.807, 2.05) is 19.2 Å². The van der Waals surface area contributed by atoms with Crippen LogP contribution in [0.15, 0.2) is 30.6 Å². The van der Waals surface area contributed by atoms with Gasteiger partial charge in [0, 0.05) is 17.5 Å². The number of hydrogen-bond donors (Lipinski definition) is 2. The molecule has 32 heavy (non-hydrogen) atoms. The van der Waals surface area contributed by atoms with Crippen LogP contribution < -0.4 is 10.6 Å². The van der Waals surface area contributed by atoms with Crippen molar-refractivity contribution in [2.24, 2.45) is 0 Å². The Balaban J connectivity index is 1.50. The maximum atomic E-state index is 12.6. The summed E-state index contributed by atoms with van der Waals surface area (Å²) in [5.41, 5.74) is 3.68. The summed E-state index contributed by atoms with van der Waals surface area (Å²) in [5.74, 6) is -0.125. The first-order valence-electron chi connectivity index (χ1n) is 9.72. The van der Waals surface area contributed by atoms with Gasteiger partial charge in [-0.3, -0.25) is 4.79 Å². The van der Waals surface area contributed by atoms with Crippen LogP contribution in [0.1, 0.15) is 34.1 Å². The quantitative estimate of drug-likeness (QED) is 0.454. The minimum absolute atomic E-state index is 0.156. The first-order valence-corrected chi connectivity index (χ1v) is 10.5. The number of anilines is 1. The maximum Gasteiger partial charge on any atom is 0.408 e. The first-order chi connectivity index (χ1) is 15.1. The Labute approximate surface area is 185 Å². The van der Waals surface area contributed by atoms with E-state index in [2.05, 4.69) is 25.5 Å². The van der Waals surface area contributed by atoms with Gasteiger partial charge in [-0.2, -0.15) is 18.3 Å². The highest BCUT2D eigenvalue weighted by atomic mass is 32.1. The van der Waals surface area contributed by atoms with Gasteiger partial charge in [0.1, 0.15) is 23.0 Å². The van der Waals surface area contributed by atoms with Crippen LogP contribution in [0.3, 0.4) is 0 Å². The van der Waals surface area contributed by atoms with Gasteiger partial charge in [0.05, 0.1) is 15.9 Å². The number of hydrogen-bond acceptors (Lipinski definition) is 7. The Bertz CT molecular complexity index is 1300. The number of benzene rings is 1. The van der Waals surface area contributed by atoms with E-state index in [1.54, 1.807) is 12.1 Å². The van der Waals surface area contributed by atoms with E-state index in [0.29, 0.717) is 12.4 Å². The zero-order valence-electron chi connectivity index (χ0n) is 17.4. The van der Waals surface area contributed by atoms with Crippen molar-refractivity contribution >= 4 is 43.5 Å². The number of nitrogens with zero attached hydrogens (tertiary/aromatic N) is 4. The average molecular weight is 460 g/mol. The average Bonchev–Trinajstić information content (AvgIpc) is 3.14. The molecular formula is C21H19F3N6OS. The van der Waals surface area contributed by atoms with Gasteiger partial charge in [-0.25, -0.2) is 9.97 Å². The second-order valence-corrected chi connectivity index (χ2v) is 8.38. The molecule has 0 aliphatic carbocycles. The van der Waals surface area contributed by atoms with E-state index in [4.69, 9.17) is 0 Å². The van der Waals surface area contributed by atoms with Crippen LogP contribution in [0.5, 0.6) is 0 Å². The molecule has 0 spiro atoms. The second kappa shape index (κ2) is 8.30. The molecule has 0 radical (unpaired) electrons. The number of aryl methyl sites for hydroxylation is 2. The van der Waals surface area contributed by atoms with Crippen molar-refractivity contribution in [3.05, 3.63) is 53.0 Å². The van der Waals surface area contributed by atoms with E-state index in [9.17, 15) is 18.0 Å². The van der Waals surface area contributed by atoms with Crippen molar-refractivity contribution in [2.75, 3.05) is 5.32 Å². The Kier molecular flexibility index (Phi) is 5.68. The van der Waals surface area contributed by atoms with Crippen molar-refractivity contribution in [1.29, 1.82) is 0 Å². The number of carbonyl (C=O) groups is 1. The van der Waals surface area contributed by atoms with Crippen LogP contribution in [0.25, 0.3) is 20.4 Å². The molecule has 4 rings (SSSR count). The molecule has 3 aromatic heterocycles. The van der Waals surface area contributed by atoms with Crippen LogP contribution in [0.4, 0.5) is 19.0 Å². The van der Waals surface area contributed by atoms with Crippen LogP contribution >= 0.6 is 11.3 Å². The van der Waals surface area contributed by atoms with Crippen molar-refractivity contribution in [2.45, 2.75) is 39.5 Å². The lowest BCUT2D eigenvalue weighted by Gasteiger charge is -2.17. The van der Waals surface area contributed by atoms with Crippen LogP contribution in [0.2, 0.25) is 0 Å². The summed E-state index contributed by atoms with van der Waals surface area (Å²) in [7, 11) is 0. The summed E-state index contributed by atoms with van der Waals surface area (Å²) in [5, 5.41) is 14.6. The van der Waals surface area contributed by atoms with E-state index < -0.39 is 18.1 Å². The zero-order chi connectivity index (χ0) is 23.0. The third-order valence-corrected chi connectivity index (χ3v) is 6.25. The molecule has 1 atom stereocenters. The number of aromatic nitrogens is 4. The highest BCUT2D eigenvalue weighted by molar-refractivity contribution is 7.25. The lowest BCUT2D eigenvalue weighted by Crippen LogP contribution is -2.43. The van der Waals surface area contributed by atoms with Gasteiger partial charge in [-0.05, 0) is 44.0 Å². The summed E-state index contributed by atoms with van der Waals surface area (Å²) in [4.78, 5) is 21.6. The molecule has 0 saturated carbocycles. The minimum Gasteiger partial charge on any atom is -0.365 e. The highest BCUT2D eigenvalue weighted by Gasteiger charge is 2.37. The summed E-state index contributed by atoms with van der Waals surface area (Å²) in [6.45, 7) is 5.20. The number of nitrogens with one attached hydrogen (secondary N) is 2. The van der Waals surface area contributed by atoms with Gasteiger partial charge in [0.15, 0.2) is 0 Å². The normalized spacial score (nSPS) is 12.8. The van der Waals surface area contributed by atoms with E-state index in [1.165, 1.54) is 29.8 Å². The first kappa shape index (κ1) is 21.9. The summed E-state index contributed by atoms with van der Waals surface area (Å²) in [6, 6.07) is 4.43. The van der Waals surface area contributed by atoms with E-state index in [0.717, 1.165) is 44.2 Å². The molecule has 3 heterocycles. The molecule has 0 bridgehead atoms. The monoisotopic (exact) mass is 460 g/mol. The van der Waals surface area contributed by atoms with Crippen LogP contribution in [-0.2, 0) is 6.54 Å². The van der Waals surface area contributed by atoms with Crippen molar-refractivity contribution in [3.63, 3.8) is 0 Å². The standard InChI is InChI=1S/C21H19F3N6OS/c1-10-11(2)29-30-20-15(10)16-17(32-20)18(27-9-26-16)25-8-13-4-6-14(7-5-13)19(31)28-12(3)21(22,23)24/h4-7,9,12H,8H2,1-3H3,(H,28,31)(H,25,26,27). The number of thiophene rings is 1. The molecular weight excluding hydrogens is 441 g/mol. The molecule has 4 aromatic rings. The molecule has 0 aliphatic heterocycles. The fraction of sp³-hybridized carbons (Fsp3) is 0.286. The Morgan fingerprint density at radius 2 is 1.84 bits per heavy atom. The fourth-order valence-electron chi connectivity index (χ4n) is 3.13. The molecule has 2 N–H and O–H groups in total. The topological polar surface area (TPSA) is 92.7 Å². The molecule has 0 fully saturated rings. The molecule has 1 amide bonds. The largest absolute Gasteiger partial charge is 0.408 e.